The topological polar surface area (TPSA) is 73.7 Å². The largest absolute Gasteiger partial charge is 0.465 e. The zero-order chi connectivity index (χ0) is 23.6. The van der Waals surface area contributed by atoms with Gasteiger partial charge in [0.15, 0.2) is 0 Å². The van der Waals surface area contributed by atoms with Crippen LogP contribution in [0.1, 0.15) is 53.6 Å². The van der Waals surface area contributed by atoms with Crippen molar-refractivity contribution in [2.24, 2.45) is 5.92 Å². The number of carbonyl (C=O) groups is 2. The average molecular weight is 438 g/mol. The van der Waals surface area contributed by atoms with Crippen molar-refractivity contribution in [3.63, 3.8) is 0 Å². The minimum atomic E-state index is -0.445. The van der Waals surface area contributed by atoms with Crippen LogP contribution in [0.5, 0.6) is 0 Å². The predicted octanol–water partition coefficient (Wildman–Crippen LogP) is 4.27. The van der Waals surface area contributed by atoms with Crippen molar-refractivity contribution in [1.82, 2.24) is 9.78 Å². The van der Waals surface area contributed by atoms with E-state index in [1.807, 2.05) is 35.6 Å². The Balaban J connectivity index is 2.17. The number of aromatic nitrogens is 2. The number of nitrogens with zero attached hydrogens (tertiary/aromatic N) is 3. The summed E-state index contributed by atoms with van der Waals surface area (Å²) >= 11 is 0. The van der Waals surface area contributed by atoms with Gasteiger partial charge >= 0.3 is 11.9 Å². The molecule has 0 amide bonds. The Morgan fingerprint density at radius 3 is 2.44 bits per heavy atom. The zero-order valence-electron chi connectivity index (χ0n) is 19.7. The molecule has 2 aromatic rings. The highest BCUT2D eigenvalue weighted by Crippen LogP contribution is 2.39. The maximum absolute atomic E-state index is 12.7. The van der Waals surface area contributed by atoms with Crippen molar-refractivity contribution in [2.75, 3.05) is 25.2 Å². The van der Waals surface area contributed by atoms with Crippen molar-refractivity contribution < 1.29 is 19.1 Å². The molecule has 1 aromatic carbocycles. The summed E-state index contributed by atoms with van der Waals surface area (Å²) in [4.78, 5) is 27.3. The van der Waals surface area contributed by atoms with Gasteiger partial charge in [0.2, 0.25) is 0 Å². The molecule has 1 aliphatic heterocycles. The zero-order valence-corrected chi connectivity index (χ0v) is 19.7. The lowest BCUT2D eigenvalue weighted by molar-refractivity contribution is -0.138. The van der Waals surface area contributed by atoms with Crippen LogP contribution in [0, 0.1) is 19.8 Å². The highest BCUT2D eigenvalue weighted by molar-refractivity contribution is 6.10. The lowest BCUT2D eigenvalue weighted by Crippen LogP contribution is -2.29. The Labute approximate surface area is 189 Å². The van der Waals surface area contributed by atoms with Gasteiger partial charge in [-0.1, -0.05) is 20.4 Å². The molecule has 0 radical (unpaired) electrons. The molecule has 0 aliphatic carbocycles. The third kappa shape index (κ3) is 4.61. The van der Waals surface area contributed by atoms with Gasteiger partial charge < -0.3 is 14.4 Å². The van der Waals surface area contributed by atoms with E-state index >= 15 is 0 Å². The summed E-state index contributed by atoms with van der Waals surface area (Å²) in [6.07, 6.45) is 1.80. The van der Waals surface area contributed by atoms with Crippen LogP contribution in [0.4, 0.5) is 5.69 Å². The number of hydrogen-bond donors (Lipinski definition) is 0. The van der Waals surface area contributed by atoms with Crippen molar-refractivity contribution >= 4 is 23.2 Å². The summed E-state index contributed by atoms with van der Waals surface area (Å²) in [6, 6.07) is 5.74. The van der Waals surface area contributed by atoms with Crippen LogP contribution < -0.4 is 4.90 Å². The van der Waals surface area contributed by atoms with Gasteiger partial charge in [0.1, 0.15) is 0 Å². The number of fused-ring (bicyclic) bond motifs is 1. The predicted molar refractivity (Wildman–Crippen MR) is 125 cm³/mol. The number of benzene rings is 1. The van der Waals surface area contributed by atoms with E-state index in [-0.39, 0.29) is 6.61 Å². The molecule has 0 N–H and O–H groups in total. The first kappa shape index (κ1) is 23.3. The summed E-state index contributed by atoms with van der Waals surface area (Å²) in [6.45, 7) is 15.5. The molecule has 1 aromatic heterocycles. The molecular formula is C25H31N3O4. The fourth-order valence-electron chi connectivity index (χ4n) is 3.92. The van der Waals surface area contributed by atoms with Crippen LogP contribution in [0.2, 0.25) is 0 Å². The molecule has 0 unspecified atom stereocenters. The number of rotatable bonds is 7. The summed E-state index contributed by atoms with van der Waals surface area (Å²) in [7, 11) is 1.36. The number of esters is 2. The Morgan fingerprint density at radius 1 is 1.16 bits per heavy atom. The van der Waals surface area contributed by atoms with Gasteiger partial charge in [-0.3, -0.25) is 4.68 Å². The van der Waals surface area contributed by atoms with Gasteiger partial charge in [0.05, 0.1) is 37.1 Å². The third-order valence-corrected chi connectivity index (χ3v) is 5.35. The van der Waals surface area contributed by atoms with Gasteiger partial charge in [-0.25, -0.2) is 9.59 Å². The maximum atomic E-state index is 12.7. The second kappa shape index (κ2) is 9.42. The van der Waals surface area contributed by atoms with E-state index in [1.54, 1.807) is 19.2 Å². The Bertz CT molecular complexity index is 1090. The molecule has 32 heavy (non-hydrogen) atoms. The minimum absolute atomic E-state index is 0.273. The summed E-state index contributed by atoms with van der Waals surface area (Å²) < 4.78 is 12.2. The van der Waals surface area contributed by atoms with Crippen LogP contribution in [0.25, 0.3) is 5.57 Å². The second-order valence-corrected chi connectivity index (χ2v) is 8.39. The fourth-order valence-corrected chi connectivity index (χ4v) is 3.92. The van der Waals surface area contributed by atoms with Gasteiger partial charge in [-0.2, -0.15) is 5.10 Å². The first-order valence-electron chi connectivity index (χ1n) is 10.8. The normalized spacial score (nSPS) is 13.2. The minimum Gasteiger partial charge on any atom is -0.465 e. The number of hydrogen-bond acceptors (Lipinski definition) is 6. The molecule has 0 bridgehead atoms. The van der Waals surface area contributed by atoms with Crippen molar-refractivity contribution in [3.8, 4) is 0 Å². The fraction of sp³-hybridized carbons (Fsp3) is 0.400. The van der Waals surface area contributed by atoms with Gasteiger partial charge in [-0.05, 0) is 56.0 Å². The molecular weight excluding hydrogens is 406 g/mol. The van der Waals surface area contributed by atoms with Crippen LogP contribution >= 0.6 is 0 Å². The monoisotopic (exact) mass is 437 g/mol. The number of anilines is 1. The molecule has 0 spiro atoms. The van der Waals surface area contributed by atoms with Crippen LogP contribution in [-0.2, 0) is 20.8 Å². The molecule has 7 heteroatoms. The van der Waals surface area contributed by atoms with Crippen molar-refractivity contribution in [3.05, 3.63) is 64.6 Å². The smallest absolute Gasteiger partial charge is 0.340 e. The molecule has 7 nitrogen and oxygen atoms in total. The van der Waals surface area contributed by atoms with E-state index in [2.05, 4.69) is 25.5 Å². The van der Waals surface area contributed by atoms with E-state index in [0.29, 0.717) is 41.3 Å². The standard InChI is InChI=1S/C25H31N3O4/c1-8-32-25(30)22-14-27(12-15(2)3)23-10-19(13-28-17(5)9-16(4)26-28)21(24(29)31-7)11-20(23)18(22)6/h9-11,14-15H,6,8,12-13H2,1-5,7H3. The van der Waals surface area contributed by atoms with E-state index in [0.717, 1.165) is 22.6 Å². The Morgan fingerprint density at radius 2 is 1.88 bits per heavy atom. The number of methoxy groups -OCH3 is 1. The first-order valence-corrected chi connectivity index (χ1v) is 10.8. The molecule has 0 atom stereocenters. The average Bonchev–Trinajstić information content (AvgIpc) is 3.05. The number of ether oxygens (including phenoxy) is 2. The lowest BCUT2D eigenvalue weighted by atomic mass is 9.90. The van der Waals surface area contributed by atoms with E-state index in [4.69, 9.17) is 9.47 Å². The highest BCUT2D eigenvalue weighted by atomic mass is 16.5. The third-order valence-electron chi connectivity index (χ3n) is 5.35. The van der Waals surface area contributed by atoms with Gasteiger partial charge in [-0.15, -0.1) is 0 Å². The number of carbonyl (C=O) groups excluding carboxylic acids is 2. The van der Waals surface area contributed by atoms with Crippen molar-refractivity contribution in [2.45, 2.75) is 41.2 Å². The molecule has 0 fully saturated rings. The Hall–Kier alpha value is -3.35. The van der Waals surface area contributed by atoms with Crippen LogP contribution in [0.3, 0.4) is 0 Å². The highest BCUT2D eigenvalue weighted by Gasteiger charge is 2.29. The Kier molecular flexibility index (Phi) is 6.87. The van der Waals surface area contributed by atoms with E-state index in [9.17, 15) is 9.59 Å². The van der Waals surface area contributed by atoms with Crippen LogP contribution in [-0.4, -0.2) is 42.0 Å². The first-order chi connectivity index (χ1) is 15.2. The molecule has 2 heterocycles. The number of aryl methyl sites for hydroxylation is 2. The SMILES string of the molecule is C=C1C(C(=O)OCC)=CN(CC(C)C)c2cc(Cn3nc(C)cc3C)c(C(=O)OC)cc21. The summed E-state index contributed by atoms with van der Waals surface area (Å²) in [5, 5.41) is 4.54. The quantitative estimate of drug-likeness (QED) is 0.602. The molecule has 0 saturated carbocycles. The molecule has 1 aliphatic rings. The summed E-state index contributed by atoms with van der Waals surface area (Å²) in [5.74, 6) is -0.531. The molecule has 0 saturated heterocycles. The maximum Gasteiger partial charge on any atom is 0.340 e. The van der Waals surface area contributed by atoms with Gasteiger partial charge in [0, 0.05) is 29.7 Å². The van der Waals surface area contributed by atoms with Crippen LogP contribution in [0.15, 0.2) is 36.6 Å². The summed E-state index contributed by atoms with van der Waals surface area (Å²) in [5.41, 5.74) is 5.66. The van der Waals surface area contributed by atoms with E-state index < -0.39 is 11.9 Å². The lowest BCUT2D eigenvalue weighted by Gasteiger charge is -2.32. The molecule has 170 valence electrons. The second-order valence-electron chi connectivity index (χ2n) is 8.39. The van der Waals surface area contributed by atoms with E-state index in [1.165, 1.54) is 7.11 Å². The van der Waals surface area contributed by atoms with Gasteiger partial charge in [0.25, 0.3) is 0 Å². The van der Waals surface area contributed by atoms with Crippen molar-refractivity contribution in [1.29, 1.82) is 0 Å². The molecule has 3 rings (SSSR count).